The molecule has 58 valence electrons. The van der Waals surface area contributed by atoms with Gasteiger partial charge in [0.15, 0.2) is 6.61 Å². The van der Waals surface area contributed by atoms with E-state index in [1.165, 1.54) is 0 Å². The van der Waals surface area contributed by atoms with Gasteiger partial charge in [0.05, 0.1) is 0 Å². The summed E-state index contributed by atoms with van der Waals surface area (Å²) < 4.78 is 14.0. The summed E-state index contributed by atoms with van der Waals surface area (Å²) in [6, 6.07) is 0. The summed E-state index contributed by atoms with van der Waals surface area (Å²) in [4.78, 5) is 18.5. The Morgan fingerprint density at radius 3 is 2.80 bits per heavy atom. The Labute approximate surface area is 59.3 Å². The molecule has 0 aromatic heterocycles. The molecule has 0 heterocycles. The molecule has 1 unspecified atom stereocenters. The molecule has 0 aliphatic heterocycles. The van der Waals surface area contributed by atoms with Crippen LogP contribution in [0.1, 0.15) is 6.92 Å². The average molecular weight is 166 g/mol. The summed E-state index contributed by atoms with van der Waals surface area (Å²) in [5.41, 5.74) is 0. The number of hydrogen-bond donors (Lipinski definition) is 2. The third-order valence-electron chi connectivity index (χ3n) is 0.680. The van der Waals surface area contributed by atoms with Crippen molar-refractivity contribution in [2.45, 2.75) is 6.92 Å². The van der Waals surface area contributed by atoms with Crippen LogP contribution in [0.4, 0.5) is 0 Å². The topological polar surface area (TPSA) is 75.6 Å². The van der Waals surface area contributed by atoms with Crippen LogP contribution in [0, 0.1) is 0 Å². The summed E-state index contributed by atoms with van der Waals surface area (Å²) in [6.45, 7) is 1.88. The molecule has 1 amide bonds. The van der Waals surface area contributed by atoms with E-state index in [0.29, 0.717) is 6.54 Å². The van der Waals surface area contributed by atoms with Gasteiger partial charge in [0.25, 0.3) is 5.91 Å². The van der Waals surface area contributed by atoms with Gasteiger partial charge in [-0.05, 0) is 6.92 Å². The molecule has 0 rings (SSSR count). The summed E-state index contributed by atoms with van der Waals surface area (Å²) in [6.07, 6.45) is 0. The first kappa shape index (κ1) is 9.49. The fourth-order valence-corrected chi connectivity index (χ4v) is 0.590. The van der Waals surface area contributed by atoms with Crippen molar-refractivity contribution in [2.24, 2.45) is 0 Å². The molecule has 0 aromatic rings. The lowest BCUT2D eigenvalue weighted by atomic mass is 10.6. The van der Waals surface area contributed by atoms with Crippen molar-refractivity contribution in [3.63, 3.8) is 0 Å². The third kappa shape index (κ3) is 5.62. The number of amides is 1. The molecule has 10 heavy (non-hydrogen) atoms. The smallest absolute Gasteiger partial charge is 0.354 e. The number of carbonyl (C=O) groups excluding carboxylic acids is 1. The second-order valence-electron chi connectivity index (χ2n) is 1.46. The lowest BCUT2D eigenvalue weighted by Gasteiger charge is -1.94. The lowest BCUT2D eigenvalue weighted by molar-refractivity contribution is -0.123. The van der Waals surface area contributed by atoms with Crippen LogP contribution in [0.5, 0.6) is 0 Å². The standard InChI is InChI=1S/C4H8NO4P/c1-2-5-4(6)3-9-10(7)8/h2-3H2,1H3,(H-,5,6,7,8)/p+1. The molecule has 0 fully saturated rings. The molecule has 0 aliphatic rings. The molecular formula is C4H9NO4P+. The maximum Gasteiger partial charge on any atom is 0.695 e. The van der Waals surface area contributed by atoms with E-state index in [4.69, 9.17) is 4.89 Å². The van der Waals surface area contributed by atoms with Crippen molar-refractivity contribution < 1.29 is 18.8 Å². The monoisotopic (exact) mass is 166 g/mol. The highest BCUT2D eigenvalue weighted by molar-refractivity contribution is 7.32. The summed E-state index contributed by atoms with van der Waals surface area (Å²) >= 11 is 0. The minimum absolute atomic E-state index is 0.362. The minimum atomic E-state index is -2.65. The normalized spacial score (nSPS) is 10.8. The van der Waals surface area contributed by atoms with Gasteiger partial charge in [0.1, 0.15) is 0 Å². The Bertz CT molecular complexity index is 137. The molecule has 0 aromatic carbocycles. The van der Waals surface area contributed by atoms with Crippen molar-refractivity contribution in [3.05, 3.63) is 0 Å². The number of hydrogen-bond acceptors (Lipinski definition) is 3. The number of likely N-dealkylation sites (N-methyl/N-ethyl adjacent to an activating group) is 1. The van der Waals surface area contributed by atoms with Crippen molar-refractivity contribution in [2.75, 3.05) is 13.2 Å². The highest BCUT2D eigenvalue weighted by Crippen LogP contribution is 2.12. The molecular weight excluding hydrogens is 157 g/mol. The van der Waals surface area contributed by atoms with Crippen LogP contribution < -0.4 is 5.32 Å². The Morgan fingerprint density at radius 2 is 2.40 bits per heavy atom. The van der Waals surface area contributed by atoms with E-state index in [1.54, 1.807) is 6.92 Å². The van der Waals surface area contributed by atoms with E-state index in [-0.39, 0.29) is 12.5 Å². The Kier molecular flexibility index (Phi) is 5.02. The number of rotatable bonds is 4. The summed E-state index contributed by atoms with van der Waals surface area (Å²) in [7, 11) is -2.65. The summed E-state index contributed by atoms with van der Waals surface area (Å²) in [5, 5.41) is 2.40. The van der Waals surface area contributed by atoms with Crippen LogP contribution >= 0.6 is 8.25 Å². The quantitative estimate of drug-likeness (QED) is 0.566. The first-order valence-electron chi connectivity index (χ1n) is 2.72. The van der Waals surface area contributed by atoms with Gasteiger partial charge in [-0.1, -0.05) is 0 Å². The average Bonchev–Trinajstić information content (AvgIpc) is 1.85. The van der Waals surface area contributed by atoms with Gasteiger partial charge in [0.2, 0.25) is 0 Å². The molecule has 6 heteroatoms. The molecule has 2 N–H and O–H groups in total. The SMILES string of the molecule is CCNC(=O)CO[P+](=O)O. The van der Waals surface area contributed by atoms with E-state index in [1.807, 2.05) is 0 Å². The minimum Gasteiger partial charge on any atom is -0.354 e. The van der Waals surface area contributed by atoms with Gasteiger partial charge in [-0.2, -0.15) is 0 Å². The fourth-order valence-electron chi connectivity index (χ4n) is 0.362. The highest BCUT2D eigenvalue weighted by Gasteiger charge is 2.14. The lowest BCUT2D eigenvalue weighted by Crippen LogP contribution is -2.26. The zero-order chi connectivity index (χ0) is 7.98. The summed E-state index contributed by atoms with van der Waals surface area (Å²) in [5.74, 6) is -0.389. The molecule has 5 nitrogen and oxygen atoms in total. The van der Waals surface area contributed by atoms with Crippen molar-refractivity contribution in [1.29, 1.82) is 0 Å². The zero-order valence-electron chi connectivity index (χ0n) is 5.53. The van der Waals surface area contributed by atoms with Gasteiger partial charge in [0, 0.05) is 11.1 Å². The Hall–Kier alpha value is -0.510. The molecule has 0 spiro atoms. The van der Waals surface area contributed by atoms with Crippen LogP contribution in [-0.2, 0) is 13.9 Å². The van der Waals surface area contributed by atoms with Gasteiger partial charge in [-0.3, -0.25) is 4.79 Å². The van der Waals surface area contributed by atoms with E-state index in [9.17, 15) is 9.36 Å². The first-order valence-corrected chi connectivity index (χ1v) is 3.85. The molecule has 0 saturated carbocycles. The van der Waals surface area contributed by atoms with Crippen molar-refractivity contribution in [3.8, 4) is 0 Å². The van der Waals surface area contributed by atoms with Crippen LogP contribution in [0.25, 0.3) is 0 Å². The Morgan fingerprint density at radius 1 is 1.80 bits per heavy atom. The highest BCUT2D eigenvalue weighted by atomic mass is 31.1. The molecule has 0 saturated heterocycles. The van der Waals surface area contributed by atoms with Gasteiger partial charge in [-0.25, -0.2) is 0 Å². The molecule has 0 aliphatic carbocycles. The second kappa shape index (κ2) is 5.29. The van der Waals surface area contributed by atoms with Gasteiger partial charge in [-0.15, -0.1) is 9.42 Å². The van der Waals surface area contributed by atoms with E-state index >= 15 is 0 Å². The van der Waals surface area contributed by atoms with Crippen molar-refractivity contribution >= 4 is 14.2 Å². The van der Waals surface area contributed by atoms with Crippen molar-refractivity contribution in [1.82, 2.24) is 5.32 Å². The first-order chi connectivity index (χ1) is 4.66. The van der Waals surface area contributed by atoms with Gasteiger partial charge >= 0.3 is 8.25 Å². The van der Waals surface area contributed by atoms with Crippen LogP contribution in [0.15, 0.2) is 0 Å². The maximum atomic E-state index is 10.5. The van der Waals surface area contributed by atoms with Crippen LogP contribution in [0.3, 0.4) is 0 Å². The predicted octanol–water partition coefficient (Wildman–Crippen LogP) is -0.211. The third-order valence-corrected chi connectivity index (χ3v) is 1.03. The van der Waals surface area contributed by atoms with E-state index < -0.39 is 8.25 Å². The molecule has 0 radical (unpaired) electrons. The van der Waals surface area contributed by atoms with E-state index in [2.05, 4.69) is 9.84 Å². The number of carbonyl (C=O) groups is 1. The molecule has 0 bridgehead atoms. The Balaban J connectivity index is 3.30. The molecule has 1 atom stereocenters. The van der Waals surface area contributed by atoms with E-state index in [0.717, 1.165) is 0 Å². The predicted molar refractivity (Wildman–Crippen MR) is 34.5 cm³/mol. The number of nitrogens with one attached hydrogen (secondary N) is 1. The van der Waals surface area contributed by atoms with Crippen LogP contribution in [-0.4, -0.2) is 24.0 Å². The maximum absolute atomic E-state index is 10.5. The largest absolute Gasteiger partial charge is 0.695 e. The van der Waals surface area contributed by atoms with Gasteiger partial charge < -0.3 is 5.32 Å². The zero-order valence-corrected chi connectivity index (χ0v) is 6.43. The fraction of sp³-hybridized carbons (Fsp3) is 0.750. The van der Waals surface area contributed by atoms with Crippen LogP contribution in [0.2, 0.25) is 0 Å². The second-order valence-corrected chi connectivity index (χ2v) is 2.20.